The van der Waals surface area contributed by atoms with Crippen LogP contribution in [0.1, 0.15) is 35.2 Å². The number of rotatable bonds is 5. The van der Waals surface area contributed by atoms with Crippen LogP contribution in [0.4, 0.5) is 10.1 Å². The van der Waals surface area contributed by atoms with Crippen molar-refractivity contribution in [3.8, 4) is 0 Å². The second-order valence-electron chi connectivity index (χ2n) is 6.65. The Morgan fingerprint density at radius 3 is 2.35 bits per heavy atom. The van der Waals surface area contributed by atoms with Gasteiger partial charge in [0, 0.05) is 29.8 Å². The van der Waals surface area contributed by atoms with Gasteiger partial charge in [-0.05, 0) is 61.2 Å². The van der Waals surface area contributed by atoms with Gasteiger partial charge < -0.3 is 16.4 Å². The molecule has 2 aromatic carbocycles. The molecule has 4 N–H and O–H groups in total. The summed E-state index contributed by atoms with van der Waals surface area (Å²) in [6.07, 6.45) is 2.41. The molecular weight excluding hydrogens is 333 g/mol. The summed E-state index contributed by atoms with van der Waals surface area (Å²) in [6, 6.07) is 12.8. The zero-order valence-corrected chi connectivity index (χ0v) is 14.4. The fourth-order valence-corrected chi connectivity index (χ4v) is 3.09. The molecule has 1 saturated carbocycles. The normalized spacial score (nSPS) is 19.2. The Morgan fingerprint density at radius 1 is 1.04 bits per heavy atom. The molecule has 1 fully saturated rings. The van der Waals surface area contributed by atoms with Crippen molar-refractivity contribution in [3.63, 3.8) is 0 Å². The van der Waals surface area contributed by atoms with Crippen molar-refractivity contribution < 1.29 is 14.0 Å². The lowest BCUT2D eigenvalue weighted by molar-refractivity contribution is -0.119. The summed E-state index contributed by atoms with van der Waals surface area (Å²) in [7, 11) is 0. The minimum absolute atomic E-state index is 0.0218. The minimum Gasteiger partial charge on any atom is -0.348 e. The molecule has 3 rings (SSSR count). The van der Waals surface area contributed by atoms with Gasteiger partial charge in [-0.25, -0.2) is 4.39 Å². The Balaban J connectivity index is 1.52. The second kappa shape index (κ2) is 8.10. The van der Waals surface area contributed by atoms with Crippen molar-refractivity contribution in [2.45, 2.75) is 31.8 Å². The van der Waals surface area contributed by atoms with Gasteiger partial charge in [-0.3, -0.25) is 9.59 Å². The molecule has 6 heteroatoms. The molecule has 0 radical (unpaired) electrons. The highest BCUT2D eigenvalue weighted by atomic mass is 19.1. The molecule has 0 heterocycles. The van der Waals surface area contributed by atoms with Gasteiger partial charge in [0.2, 0.25) is 5.91 Å². The maximum atomic E-state index is 12.9. The number of carbonyl (C=O) groups is 2. The van der Waals surface area contributed by atoms with Gasteiger partial charge in [-0.15, -0.1) is 0 Å². The number of benzene rings is 2. The second-order valence-corrected chi connectivity index (χ2v) is 6.65. The van der Waals surface area contributed by atoms with E-state index in [1.54, 1.807) is 36.4 Å². The van der Waals surface area contributed by atoms with Crippen LogP contribution in [0.15, 0.2) is 48.5 Å². The first-order valence-electron chi connectivity index (χ1n) is 8.70. The molecule has 0 bridgehead atoms. The first-order chi connectivity index (χ1) is 12.5. The molecule has 0 spiro atoms. The molecule has 2 aromatic rings. The van der Waals surface area contributed by atoms with Crippen LogP contribution in [0.2, 0.25) is 0 Å². The fourth-order valence-electron chi connectivity index (χ4n) is 3.09. The predicted octanol–water partition coefficient (Wildman–Crippen LogP) is 2.82. The van der Waals surface area contributed by atoms with E-state index in [1.165, 1.54) is 12.1 Å². The van der Waals surface area contributed by atoms with Crippen LogP contribution in [0.3, 0.4) is 0 Å². The number of nitrogens with two attached hydrogens (primary N) is 1. The van der Waals surface area contributed by atoms with Crippen molar-refractivity contribution in [2.24, 2.45) is 11.7 Å². The summed E-state index contributed by atoms with van der Waals surface area (Å²) in [5.41, 5.74) is 7.81. The minimum atomic E-state index is -0.308. The largest absolute Gasteiger partial charge is 0.348 e. The van der Waals surface area contributed by atoms with E-state index in [1.807, 2.05) is 0 Å². The lowest BCUT2D eigenvalue weighted by Gasteiger charge is -2.11. The Labute approximate surface area is 151 Å². The van der Waals surface area contributed by atoms with Gasteiger partial charge in [-0.1, -0.05) is 12.1 Å². The van der Waals surface area contributed by atoms with Gasteiger partial charge in [0.05, 0.1) is 0 Å². The zero-order valence-electron chi connectivity index (χ0n) is 14.4. The van der Waals surface area contributed by atoms with Crippen molar-refractivity contribution in [3.05, 3.63) is 65.5 Å². The van der Waals surface area contributed by atoms with Crippen LogP contribution >= 0.6 is 0 Å². The standard InChI is InChI=1S/C20H22FN3O2/c21-16-6-1-13(2-7-16)12-23-19(25)14-4-9-18(10-5-14)24-20(26)15-3-8-17(22)11-15/h1-2,4-7,9-10,15,17H,3,8,11-12,22H2,(H,23,25)(H,24,26). The number of halogens is 1. The van der Waals surface area contributed by atoms with E-state index in [9.17, 15) is 14.0 Å². The van der Waals surface area contributed by atoms with Gasteiger partial charge in [0.1, 0.15) is 5.82 Å². The summed E-state index contributed by atoms with van der Waals surface area (Å²) < 4.78 is 12.9. The van der Waals surface area contributed by atoms with E-state index >= 15 is 0 Å². The number of hydrogen-bond acceptors (Lipinski definition) is 3. The number of nitrogens with one attached hydrogen (secondary N) is 2. The third-order valence-corrected chi connectivity index (χ3v) is 4.62. The molecule has 2 amide bonds. The van der Waals surface area contributed by atoms with Crippen molar-refractivity contribution in [1.82, 2.24) is 5.32 Å². The van der Waals surface area contributed by atoms with Gasteiger partial charge in [0.25, 0.3) is 5.91 Å². The number of carbonyl (C=O) groups excluding carboxylic acids is 2. The van der Waals surface area contributed by atoms with E-state index in [4.69, 9.17) is 5.73 Å². The Bertz CT molecular complexity index is 775. The van der Waals surface area contributed by atoms with Crippen molar-refractivity contribution in [1.29, 1.82) is 0 Å². The summed E-state index contributed by atoms with van der Waals surface area (Å²) in [6.45, 7) is 0.319. The van der Waals surface area contributed by atoms with Crippen molar-refractivity contribution >= 4 is 17.5 Å². The SMILES string of the molecule is NC1CCC(C(=O)Nc2ccc(C(=O)NCc3ccc(F)cc3)cc2)C1. The third-order valence-electron chi connectivity index (χ3n) is 4.62. The molecule has 0 saturated heterocycles. The first-order valence-corrected chi connectivity index (χ1v) is 8.70. The zero-order chi connectivity index (χ0) is 18.5. The number of amides is 2. The molecular formula is C20H22FN3O2. The van der Waals surface area contributed by atoms with Crippen LogP contribution in [-0.4, -0.2) is 17.9 Å². The van der Waals surface area contributed by atoms with Crippen LogP contribution in [-0.2, 0) is 11.3 Å². The highest BCUT2D eigenvalue weighted by molar-refractivity contribution is 5.96. The summed E-state index contributed by atoms with van der Waals surface area (Å²) in [5.74, 6) is -0.596. The van der Waals surface area contributed by atoms with E-state index in [-0.39, 0.29) is 29.6 Å². The van der Waals surface area contributed by atoms with Gasteiger partial charge in [0.15, 0.2) is 0 Å². The lowest BCUT2D eigenvalue weighted by atomic mass is 10.1. The highest BCUT2D eigenvalue weighted by Crippen LogP contribution is 2.25. The maximum absolute atomic E-state index is 12.9. The summed E-state index contributed by atoms with van der Waals surface area (Å²) >= 11 is 0. The molecule has 0 aliphatic heterocycles. The molecule has 1 aliphatic carbocycles. The van der Waals surface area contributed by atoms with Crippen LogP contribution in [0.5, 0.6) is 0 Å². The molecule has 5 nitrogen and oxygen atoms in total. The first kappa shape index (κ1) is 18.1. The molecule has 2 unspecified atom stereocenters. The Kier molecular flexibility index (Phi) is 5.63. The van der Waals surface area contributed by atoms with E-state index < -0.39 is 0 Å². The maximum Gasteiger partial charge on any atom is 0.251 e. The lowest BCUT2D eigenvalue weighted by Crippen LogP contribution is -2.24. The quantitative estimate of drug-likeness (QED) is 0.771. The Morgan fingerprint density at radius 2 is 1.73 bits per heavy atom. The molecule has 1 aliphatic rings. The molecule has 26 heavy (non-hydrogen) atoms. The average Bonchev–Trinajstić information content (AvgIpc) is 3.08. The monoisotopic (exact) mass is 355 g/mol. The third kappa shape index (κ3) is 4.67. The van der Waals surface area contributed by atoms with Crippen LogP contribution in [0.25, 0.3) is 0 Å². The Hall–Kier alpha value is -2.73. The molecule has 136 valence electrons. The smallest absolute Gasteiger partial charge is 0.251 e. The topological polar surface area (TPSA) is 84.2 Å². The van der Waals surface area contributed by atoms with E-state index in [0.717, 1.165) is 24.8 Å². The van der Waals surface area contributed by atoms with Crippen LogP contribution < -0.4 is 16.4 Å². The van der Waals surface area contributed by atoms with Crippen molar-refractivity contribution in [2.75, 3.05) is 5.32 Å². The number of anilines is 1. The highest BCUT2D eigenvalue weighted by Gasteiger charge is 2.27. The predicted molar refractivity (Wildman–Crippen MR) is 98.0 cm³/mol. The number of hydrogen-bond donors (Lipinski definition) is 3. The van der Waals surface area contributed by atoms with Gasteiger partial charge >= 0.3 is 0 Å². The van der Waals surface area contributed by atoms with E-state index in [2.05, 4.69) is 10.6 Å². The van der Waals surface area contributed by atoms with Gasteiger partial charge in [-0.2, -0.15) is 0 Å². The fraction of sp³-hybridized carbons (Fsp3) is 0.300. The summed E-state index contributed by atoms with van der Waals surface area (Å²) in [4.78, 5) is 24.4. The molecule has 2 atom stereocenters. The average molecular weight is 355 g/mol. The van der Waals surface area contributed by atoms with Crippen LogP contribution in [0, 0.1) is 11.7 Å². The molecule has 0 aromatic heterocycles. The van der Waals surface area contributed by atoms with E-state index in [0.29, 0.717) is 17.8 Å². The summed E-state index contributed by atoms with van der Waals surface area (Å²) in [5, 5.41) is 5.65.